The molecule has 0 saturated carbocycles. The number of hydrogen-bond donors (Lipinski definition) is 1. The van der Waals surface area contributed by atoms with Gasteiger partial charge in [0.2, 0.25) is 5.85 Å². The lowest BCUT2D eigenvalue weighted by Crippen LogP contribution is -2.29. The Balaban J connectivity index is 2.84. The standard InChI is InChI=1S/C8H11FO2/c1-6-3-4-7(11-2)5-8(6,9)10/h3-6,10H,1-2H3. The van der Waals surface area contributed by atoms with Crippen molar-refractivity contribution in [2.75, 3.05) is 7.11 Å². The summed E-state index contributed by atoms with van der Waals surface area (Å²) >= 11 is 0. The van der Waals surface area contributed by atoms with Crippen molar-refractivity contribution in [2.45, 2.75) is 12.8 Å². The summed E-state index contributed by atoms with van der Waals surface area (Å²) in [5, 5.41) is 9.07. The molecule has 0 aliphatic heterocycles. The largest absolute Gasteiger partial charge is 0.497 e. The molecule has 0 aromatic rings. The highest BCUT2D eigenvalue weighted by atomic mass is 19.2. The first-order valence-corrected chi connectivity index (χ1v) is 3.42. The molecule has 0 aromatic heterocycles. The summed E-state index contributed by atoms with van der Waals surface area (Å²) in [6.07, 6.45) is 4.27. The quantitative estimate of drug-likeness (QED) is 0.624. The Morgan fingerprint density at radius 3 is 2.82 bits per heavy atom. The van der Waals surface area contributed by atoms with Crippen molar-refractivity contribution < 1.29 is 14.2 Å². The fourth-order valence-electron chi connectivity index (χ4n) is 0.880. The number of aliphatic hydroxyl groups is 1. The Hall–Kier alpha value is -0.830. The third-order valence-electron chi connectivity index (χ3n) is 1.77. The molecule has 3 heteroatoms. The minimum absolute atomic E-state index is 0.355. The van der Waals surface area contributed by atoms with E-state index in [9.17, 15) is 4.39 Å². The SMILES string of the molecule is COC1=CC(O)(F)C(C)C=C1. The molecule has 0 radical (unpaired) electrons. The number of alkyl halides is 1. The van der Waals surface area contributed by atoms with Crippen LogP contribution in [0.2, 0.25) is 0 Å². The van der Waals surface area contributed by atoms with Gasteiger partial charge >= 0.3 is 0 Å². The maximum absolute atomic E-state index is 13.0. The van der Waals surface area contributed by atoms with Crippen LogP contribution in [0.5, 0.6) is 0 Å². The molecule has 1 aliphatic carbocycles. The van der Waals surface area contributed by atoms with Gasteiger partial charge in [-0.2, -0.15) is 0 Å². The summed E-state index contributed by atoms with van der Waals surface area (Å²) in [7, 11) is 1.43. The minimum atomic E-state index is -2.26. The van der Waals surface area contributed by atoms with Crippen molar-refractivity contribution in [3.8, 4) is 0 Å². The monoisotopic (exact) mass is 158 g/mol. The van der Waals surface area contributed by atoms with Gasteiger partial charge in [-0.3, -0.25) is 0 Å². The number of ether oxygens (including phenoxy) is 1. The van der Waals surface area contributed by atoms with E-state index in [2.05, 4.69) is 0 Å². The lowest BCUT2D eigenvalue weighted by molar-refractivity contribution is -0.0748. The maximum Gasteiger partial charge on any atom is 0.235 e. The van der Waals surface area contributed by atoms with Crippen LogP contribution in [-0.2, 0) is 4.74 Å². The van der Waals surface area contributed by atoms with Crippen molar-refractivity contribution in [1.82, 2.24) is 0 Å². The van der Waals surface area contributed by atoms with Crippen LogP contribution in [0.4, 0.5) is 4.39 Å². The Morgan fingerprint density at radius 2 is 2.36 bits per heavy atom. The highest BCUT2D eigenvalue weighted by molar-refractivity contribution is 5.23. The van der Waals surface area contributed by atoms with Gasteiger partial charge in [0.25, 0.3) is 0 Å². The Labute approximate surface area is 65.0 Å². The highest BCUT2D eigenvalue weighted by Gasteiger charge is 2.32. The average molecular weight is 158 g/mol. The Kier molecular flexibility index (Phi) is 2.00. The number of hydrogen-bond acceptors (Lipinski definition) is 2. The second-order valence-corrected chi connectivity index (χ2v) is 2.63. The summed E-state index contributed by atoms with van der Waals surface area (Å²) in [5.74, 6) is -2.42. The summed E-state index contributed by atoms with van der Waals surface area (Å²) in [4.78, 5) is 0. The molecule has 0 spiro atoms. The van der Waals surface area contributed by atoms with E-state index in [1.807, 2.05) is 0 Å². The molecule has 0 bridgehead atoms. The summed E-state index contributed by atoms with van der Waals surface area (Å²) in [5.41, 5.74) is 0. The van der Waals surface area contributed by atoms with Crippen LogP contribution in [0.3, 0.4) is 0 Å². The van der Waals surface area contributed by atoms with Crippen LogP contribution in [0.1, 0.15) is 6.92 Å². The molecule has 0 saturated heterocycles. The van der Waals surface area contributed by atoms with E-state index >= 15 is 0 Å². The van der Waals surface area contributed by atoms with Crippen LogP contribution in [0.25, 0.3) is 0 Å². The zero-order chi connectivity index (χ0) is 8.48. The van der Waals surface area contributed by atoms with Crippen LogP contribution in [-0.4, -0.2) is 18.1 Å². The molecule has 62 valence electrons. The number of allylic oxidation sites excluding steroid dienone is 1. The van der Waals surface area contributed by atoms with Crippen molar-refractivity contribution in [2.24, 2.45) is 5.92 Å². The fraction of sp³-hybridized carbons (Fsp3) is 0.500. The highest BCUT2D eigenvalue weighted by Crippen LogP contribution is 2.28. The van der Waals surface area contributed by atoms with Gasteiger partial charge in [0, 0.05) is 12.0 Å². The van der Waals surface area contributed by atoms with Crippen molar-refractivity contribution in [3.05, 3.63) is 24.0 Å². The molecule has 1 rings (SSSR count). The van der Waals surface area contributed by atoms with Crippen molar-refractivity contribution >= 4 is 0 Å². The first kappa shape index (κ1) is 8.27. The van der Waals surface area contributed by atoms with Crippen LogP contribution in [0, 0.1) is 5.92 Å². The molecule has 0 heterocycles. The van der Waals surface area contributed by atoms with E-state index in [4.69, 9.17) is 9.84 Å². The molecule has 2 atom stereocenters. The predicted molar refractivity (Wildman–Crippen MR) is 39.5 cm³/mol. The number of rotatable bonds is 1. The molecular formula is C8H11FO2. The van der Waals surface area contributed by atoms with E-state index in [0.29, 0.717) is 5.76 Å². The third kappa shape index (κ3) is 1.60. The van der Waals surface area contributed by atoms with Crippen LogP contribution >= 0.6 is 0 Å². The van der Waals surface area contributed by atoms with Gasteiger partial charge in [-0.25, -0.2) is 4.39 Å². The van der Waals surface area contributed by atoms with Gasteiger partial charge in [0.15, 0.2) is 0 Å². The molecule has 1 aliphatic rings. The Bertz CT molecular complexity index is 206. The van der Waals surface area contributed by atoms with E-state index in [1.54, 1.807) is 19.1 Å². The minimum Gasteiger partial charge on any atom is -0.497 e. The molecule has 0 fully saturated rings. The molecule has 2 nitrogen and oxygen atoms in total. The second kappa shape index (κ2) is 2.66. The van der Waals surface area contributed by atoms with E-state index in [-0.39, 0.29) is 0 Å². The van der Waals surface area contributed by atoms with E-state index < -0.39 is 11.8 Å². The van der Waals surface area contributed by atoms with E-state index in [0.717, 1.165) is 6.08 Å². The Morgan fingerprint density at radius 1 is 1.73 bits per heavy atom. The van der Waals surface area contributed by atoms with Gasteiger partial charge < -0.3 is 9.84 Å². The zero-order valence-electron chi connectivity index (χ0n) is 6.54. The first-order valence-electron chi connectivity index (χ1n) is 3.42. The smallest absolute Gasteiger partial charge is 0.235 e. The summed E-state index contributed by atoms with van der Waals surface area (Å²) in [6, 6.07) is 0. The molecule has 0 aromatic carbocycles. The van der Waals surface area contributed by atoms with E-state index in [1.165, 1.54) is 7.11 Å². The second-order valence-electron chi connectivity index (χ2n) is 2.63. The number of halogens is 1. The van der Waals surface area contributed by atoms with Gasteiger partial charge in [-0.1, -0.05) is 13.0 Å². The molecule has 0 amide bonds. The van der Waals surface area contributed by atoms with Gasteiger partial charge in [-0.05, 0) is 6.08 Å². The molecular weight excluding hydrogens is 147 g/mol. The van der Waals surface area contributed by atoms with Crippen molar-refractivity contribution in [1.29, 1.82) is 0 Å². The van der Waals surface area contributed by atoms with Crippen molar-refractivity contribution in [3.63, 3.8) is 0 Å². The topological polar surface area (TPSA) is 29.5 Å². The lowest BCUT2D eigenvalue weighted by Gasteiger charge is -2.23. The number of methoxy groups -OCH3 is 1. The molecule has 2 unspecified atom stereocenters. The predicted octanol–water partition coefficient (Wildman–Crippen LogP) is 1.38. The average Bonchev–Trinajstić information content (AvgIpc) is 1.95. The zero-order valence-corrected chi connectivity index (χ0v) is 6.54. The fourth-order valence-corrected chi connectivity index (χ4v) is 0.880. The van der Waals surface area contributed by atoms with Gasteiger partial charge in [0.1, 0.15) is 5.76 Å². The maximum atomic E-state index is 13.0. The first-order chi connectivity index (χ1) is 5.06. The van der Waals surface area contributed by atoms with Crippen LogP contribution < -0.4 is 0 Å². The summed E-state index contributed by atoms with van der Waals surface area (Å²) in [6.45, 7) is 1.60. The normalized spacial score (nSPS) is 36.7. The van der Waals surface area contributed by atoms with Crippen LogP contribution in [0.15, 0.2) is 24.0 Å². The third-order valence-corrected chi connectivity index (χ3v) is 1.77. The van der Waals surface area contributed by atoms with Gasteiger partial charge in [-0.15, -0.1) is 0 Å². The molecule has 1 N–H and O–H groups in total. The van der Waals surface area contributed by atoms with Gasteiger partial charge in [0.05, 0.1) is 7.11 Å². The molecule has 11 heavy (non-hydrogen) atoms. The lowest BCUT2D eigenvalue weighted by atomic mass is 9.97. The summed E-state index contributed by atoms with van der Waals surface area (Å²) < 4.78 is 17.8.